The summed E-state index contributed by atoms with van der Waals surface area (Å²) in [4.78, 5) is 0. The second-order valence-electron chi connectivity index (χ2n) is 2.83. The Labute approximate surface area is 82.0 Å². The van der Waals surface area contributed by atoms with Crippen LogP contribution >= 0.6 is 11.3 Å². The summed E-state index contributed by atoms with van der Waals surface area (Å²) in [6.07, 6.45) is -2.81. The average molecular weight is 217 g/mol. The predicted octanol–water partition coefficient (Wildman–Crippen LogP) is 3.56. The van der Waals surface area contributed by atoms with Crippen molar-refractivity contribution in [3.8, 4) is 0 Å². The molecular formula is C9H6F3NS. The molecule has 2 N–H and O–H groups in total. The standard InChI is InChI=1S/C9H6F3NS/c10-5-2-1-4-6(13)3-14-8(4)7(5)9(11)12/h1-3,9H,13H2. The van der Waals surface area contributed by atoms with Crippen LogP contribution in [0.3, 0.4) is 0 Å². The minimum absolute atomic E-state index is 0.234. The van der Waals surface area contributed by atoms with Gasteiger partial charge in [0.05, 0.1) is 11.3 Å². The second-order valence-corrected chi connectivity index (χ2v) is 3.71. The van der Waals surface area contributed by atoms with Crippen LogP contribution in [0, 0.1) is 5.82 Å². The third-order valence-corrected chi connectivity index (χ3v) is 3.02. The van der Waals surface area contributed by atoms with Gasteiger partial charge in [0.1, 0.15) is 5.82 Å². The molecule has 1 aromatic heterocycles. The maximum Gasteiger partial charge on any atom is 0.268 e. The molecule has 74 valence electrons. The average Bonchev–Trinajstić information content (AvgIpc) is 2.47. The van der Waals surface area contributed by atoms with E-state index in [1.165, 1.54) is 11.4 Å². The van der Waals surface area contributed by atoms with Crippen molar-refractivity contribution in [2.45, 2.75) is 6.43 Å². The van der Waals surface area contributed by atoms with E-state index < -0.39 is 17.8 Å². The van der Waals surface area contributed by atoms with Gasteiger partial charge in [-0.2, -0.15) is 0 Å². The fourth-order valence-electron chi connectivity index (χ4n) is 1.32. The molecule has 0 aliphatic carbocycles. The predicted molar refractivity (Wildman–Crippen MR) is 51.2 cm³/mol. The highest BCUT2D eigenvalue weighted by atomic mass is 32.1. The van der Waals surface area contributed by atoms with Gasteiger partial charge in [-0.3, -0.25) is 0 Å². The van der Waals surface area contributed by atoms with Gasteiger partial charge in [0.15, 0.2) is 0 Å². The first-order chi connectivity index (χ1) is 6.61. The van der Waals surface area contributed by atoms with Crippen LogP contribution in [0.5, 0.6) is 0 Å². The van der Waals surface area contributed by atoms with Crippen molar-refractivity contribution in [2.24, 2.45) is 0 Å². The topological polar surface area (TPSA) is 26.0 Å². The van der Waals surface area contributed by atoms with Crippen molar-refractivity contribution < 1.29 is 13.2 Å². The van der Waals surface area contributed by atoms with Gasteiger partial charge in [-0.1, -0.05) is 0 Å². The van der Waals surface area contributed by atoms with Gasteiger partial charge in [-0.25, -0.2) is 13.2 Å². The molecule has 1 nitrogen and oxygen atoms in total. The van der Waals surface area contributed by atoms with Crippen LogP contribution in [0.1, 0.15) is 12.0 Å². The van der Waals surface area contributed by atoms with Crippen molar-refractivity contribution in [2.75, 3.05) is 5.73 Å². The van der Waals surface area contributed by atoms with Crippen LogP contribution in [0.4, 0.5) is 18.9 Å². The zero-order valence-electron chi connectivity index (χ0n) is 6.93. The molecule has 14 heavy (non-hydrogen) atoms. The fourth-order valence-corrected chi connectivity index (χ4v) is 2.32. The molecule has 0 aliphatic heterocycles. The Morgan fingerprint density at radius 1 is 1.29 bits per heavy atom. The van der Waals surface area contributed by atoms with Crippen molar-refractivity contribution in [1.29, 1.82) is 0 Å². The molecule has 1 heterocycles. The Bertz CT molecular complexity index is 478. The van der Waals surface area contributed by atoms with E-state index in [-0.39, 0.29) is 4.70 Å². The van der Waals surface area contributed by atoms with E-state index in [4.69, 9.17) is 5.73 Å². The SMILES string of the molecule is Nc1csc2c(C(F)F)c(F)ccc12. The number of thiophene rings is 1. The summed E-state index contributed by atoms with van der Waals surface area (Å²) in [6, 6.07) is 2.44. The van der Waals surface area contributed by atoms with E-state index >= 15 is 0 Å². The minimum Gasteiger partial charge on any atom is -0.398 e. The van der Waals surface area contributed by atoms with Crippen molar-refractivity contribution in [1.82, 2.24) is 0 Å². The highest BCUT2D eigenvalue weighted by molar-refractivity contribution is 7.18. The van der Waals surface area contributed by atoms with Gasteiger partial charge in [0.25, 0.3) is 6.43 Å². The highest BCUT2D eigenvalue weighted by Crippen LogP contribution is 2.36. The third kappa shape index (κ3) is 1.24. The Hall–Kier alpha value is -1.23. The number of hydrogen-bond donors (Lipinski definition) is 1. The molecule has 0 radical (unpaired) electrons. The van der Waals surface area contributed by atoms with Crippen molar-refractivity contribution in [3.05, 3.63) is 28.9 Å². The molecule has 0 amide bonds. The Morgan fingerprint density at radius 3 is 2.64 bits per heavy atom. The molecule has 0 saturated carbocycles. The number of alkyl halides is 2. The lowest BCUT2D eigenvalue weighted by Crippen LogP contribution is -1.91. The number of rotatable bonds is 1. The first-order valence-electron chi connectivity index (χ1n) is 3.84. The molecule has 0 saturated heterocycles. The molecule has 0 bridgehead atoms. The maximum absolute atomic E-state index is 13.1. The van der Waals surface area contributed by atoms with Gasteiger partial charge in [-0.05, 0) is 12.1 Å². The smallest absolute Gasteiger partial charge is 0.268 e. The number of anilines is 1. The van der Waals surface area contributed by atoms with Gasteiger partial charge in [-0.15, -0.1) is 11.3 Å². The molecule has 0 fully saturated rings. The van der Waals surface area contributed by atoms with Crippen LogP contribution in [0.15, 0.2) is 17.5 Å². The molecular weight excluding hydrogens is 211 g/mol. The summed E-state index contributed by atoms with van der Waals surface area (Å²) in [6.45, 7) is 0. The number of halogens is 3. The molecule has 0 aliphatic rings. The highest BCUT2D eigenvalue weighted by Gasteiger charge is 2.18. The largest absolute Gasteiger partial charge is 0.398 e. The number of nitrogen functional groups attached to an aromatic ring is 1. The molecule has 2 aromatic rings. The van der Waals surface area contributed by atoms with Crippen molar-refractivity contribution >= 4 is 27.1 Å². The van der Waals surface area contributed by atoms with E-state index in [2.05, 4.69) is 0 Å². The summed E-state index contributed by atoms with van der Waals surface area (Å²) in [5, 5.41) is 2.03. The van der Waals surface area contributed by atoms with Crippen LogP contribution in [0.25, 0.3) is 10.1 Å². The van der Waals surface area contributed by atoms with Crippen LogP contribution in [0.2, 0.25) is 0 Å². The number of benzene rings is 1. The van der Waals surface area contributed by atoms with Crippen molar-refractivity contribution in [3.63, 3.8) is 0 Å². The van der Waals surface area contributed by atoms with E-state index in [1.54, 1.807) is 0 Å². The molecule has 2 rings (SSSR count). The van der Waals surface area contributed by atoms with Gasteiger partial charge >= 0.3 is 0 Å². The lowest BCUT2D eigenvalue weighted by Gasteiger charge is -2.02. The fraction of sp³-hybridized carbons (Fsp3) is 0.111. The summed E-state index contributed by atoms with van der Waals surface area (Å²) in [5.74, 6) is -0.880. The zero-order chi connectivity index (χ0) is 10.3. The number of hydrogen-bond acceptors (Lipinski definition) is 2. The third-order valence-electron chi connectivity index (χ3n) is 1.98. The second kappa shape index (κ2) is 3.16. The molecule has 1 aromatic carbocycles. The monoisotopic (exact) mass is 217 g/mol. The molecule has 0 spiro atoms. The number of nitrogens with two attached hydrogens (primary N) is 1. The van der Waals surface area contributed by atoms with E-state index in [9.17, 15) is 13.2 Å². The zero-order valence-corrected chi connectivity index (χ0v) is 7.75. The lowest BCUT2D eigenvalue weighted by atomic mass is 10.1. The lowest BCUT2D eigenvalue weighted by molar-refractivity contribution is 0.148. The number of fused-ring (bicyclic) bond motifs is 1. The van der Waals surface area contributed by atoms with Gasteiger partial charge in [0.2, 0.25) is 0 Å². The molecule has 0 unspecified atom stereocenters. The first kappa shape index (κ1) is 9.33. The molecule has 5 heteroatoms. The van der Waals surface area contributed by atoms with E-state index in [0.717, 1.165) is 17.4 Å². The summed E-state index contributed by atoms with van der Waals surface area (Å²) < 4.78 is 38.3. The maximum atomic E-state index is 13.1. The quantitative estimate of drug-likeness (QED) is 0.776. The van der Waals surface area contributed by atoms with Crippen LogP contribution in [-0.4, -0.2) is 0 Å². The Morgan fingerprint density at radius 2 is 2.00 bits per heavy atom. The summed E-state index contributed by atoms with van der Waals surface area (Å²) in [5.41, 5.74) is 5.40. The van der Waals surface area contributed by atoms with Crippen LogP contribution < -0.4 is 5.73 Å². The summed E-state index contributed by atoms with van der Waals surface area (Å²) >= 11 is 1.04. The Balaban J connectivity index is 2.83. The first-order valence-corrected chi connectivity index (χ1v) is 4.72. The summed E-state index contributed by atoms with van der Waals surface area (Å²) in [7, 11) is 0. The normalized spacial score (nSPS) is 11.4. The van der Waals surface area contributed by atoms with Gasteiger partial charge < -0.3 is 5.73 Å². The molecule has 0 atom stereocenters. The minimum atomic E-state index is -2.81. The Kier molecular flexibility index (Phi) is 2.11. The van der Waals surface area contributed by atoms with Crippen LogP contribution in [-0.2, 0) is 0 Å². The van der Waals surface area contributed by atoms with Gasteiger partial charge in [0, 0.05) is 15.5 Å². The van der Waals surface area contributed by atoms with E-state index in [1.807, 2.05) is 0 Å². The van der Waals surface area contributed by atoms with E-state index in [0.29, 0.717) is 11.1 Å².